The van der Waals surface area contributed by atoms with Crippen LogP contribution in [0, 0.1) is 11.8 Å². The van der Waals surface area contributed by atoms with E-state index in [9.17, 15) is 33.8 Å². The lowest BCUT2D eigenvalue weighted by Crippen LogP contribution is -2.47. The van der Waals surface area contributed by atoms with E-state index >= 15 is 0 Å². The van der Waals surface area contributed by atoms with Crippen molar-refractivity contribution in [2.75, 3.05) is 97.7 Å². The predicted molar refractivity (Wildman–Crippen MR) is 310 cm³/mol. The van der Waals surface area contributed by atoms with Crippen LogP contribution in [-0.2, 0) is 41.9 Å². The van der Waals surface area contributed by atoms with E-state index in [2.05, 4.69) is 56.9 Å². The number of carbonyl (C=O) groups is 6. The molecule has 4 aromatic rings. The molecule has 6 heterocycles. The standard InChI is InChI=1S/C28H39BClN7O4.C27H36ClN7O3/c1-19(38)32-17-27(39)34-25-16-22(30)3-4-24(25)33-23-8-13-37(14-9-23)28(40)21-6-11-36(12-7-21)18-20-5-10-31-26(15-20)35-29(2)41;1-18(36)31-16-26(37)33-24-15-21(28)2-3-23(24)32-22-7-12-35(13-8-22)27(38)20-5-10-34(11-6-20)17-19-4-9-30-25(29)14-19/h3-5,10,15-16,21,23,33,41H,6-9,11-14,17-18H2,1-2H3,(H,31,35)(H,32,38)(H,34,39);2-4,9,14-15,20,22,32H,5-8,10-13,16-17H2,1H3,(H2,29,30)(H,31,36)(H,33,37). The Morgan fingerprint density at radius 1 is 0.582 bits per heavy atom. The molecular weight excluding hydrogens is 1050 g/mol. The first-order valence-corrected chi connectivity index (χ1v) is 28.0. The zero-order valence-corrected chi connectivity index (χ0v) is 46.9. The maximum absolute atomic E-state index is 13.3. The third-order valence-electron chi connectivity index (χ3n) is 14.6. The number of aromatic nitrogens is 2. The van der Waals surface area contributed by atoms with Gasteiger partial charge < -0.3 is 57.7 Å². The molecule has 0 unspecified atom stereocenters. The average molecular weight is 1130 g/mol. The fourth-order valence-electron chi connectivity index (χ4n) is 10.4. The molecule has 0 aliphatic carbocycles. The van der Waals surface area contributed by atoms with Crippen LogP contribution in [0.25, 0.3) is 0 Å². The van der Waals surface area contributed by atoms with Crippen molar-refractivity contribution in [2.24, 2.45) is 11.8 Å². The summed E-state index contributed by atoms with van der Waals surface area (Å²) < 4.78 is 0. The van der Waals surface area contributed by atoms with Gasteiger partial charge in [0.15, 0.2) is 0 Å². The number of nitrogen functional groups attached to an aromatic ring is 1. The van der Waals surface area contributed by atoms with E-state index < -0.39 is 7.05 Å². The molecule has 0 spiro atoms. The molecule has 10 N–H and O–H groups in total. The highest BCUT2D eigenvalue weighted by atomic mass is 35.5. The molecule has 2 aromatic carbocycles. The molecule has 4 aliphatic rings. The van der Waals surface area contributed by atoms with Crippen molar-refractivity contribution in [3.8, 4) is 0 Å². The highest BCUT2D eigenvalue weighted by Gasteiger charge is 2.33. The van der Waals surface area contributed by atoms with Crippen molar-refractivity contribution in [3.05, 3.63) is 94.2 Å². The molecule has 4 saturated heterocycles. The maximum atomic E-state index is 13.3. The zero-order valence-electron chi connectivity index (χ0n) is 45.4. The maximum Gasteiger partial charge on any atom is 0.408 e. The monoisotopic (exact) mass is 1120 g/mol. The summed E-state index contributed by atoms with van der Waals surface area (Å²) in [5, 5.41) is 31.0. The van der Waals surface area contributed by atoms with E-state index in [1.54, 1.807) is 43.5 Å². The van der Waals surface area contributed by atoms with Gasteiger partial charge in [-0.2, -0.15) is 0 Å². The van der Waals surface area contributed by atoms with Gasteiger partial charge in [0.05, 0.1) is 35.8 Å². The molecule has 0 bridgehead atoms. The number of likely N-dealkylation sites (tertiary alicyclic amines) is 4. The average Bonchev–Trinajstić information content (AvgIpc) is 3.44. The van der Waals surface area contributed by atoms with Gasteiger partial charge in [-0.25, -0.2) is 9.97 Å². The number of amides is 6. The Kier molecular flexibility index (Phi) is 22.4. The van der Waals surface area contributed by atoms with Gasteiger partial charge in [-0.05, 0) is 156 Å². The summed E-state index contributed by atoms with van der Waals surface area (Å²) in [5.74, 6) is 0.583. The van der Waals surface area contributed by atoms with E-state index in [0.717, 1.165) is 113 Å². The highest BCUT2D eigenvalue weighted by molar-refractivity contribution is 6.52. The quantitative estimate of drug-likeness (QED) is 0.0568. The van der Waals surface area contributed by atoms with E-state index in [1.165, 1.54) is 13.8 Å². The summed E-state index contributed by atoms with van der Waals surface area (Å²) in [7, 11) is -0.662. The van der Waals surface area contributed by atoms with E-state index in [-0.39, 0.29) is 72.5 Å². The van der Waals surface area contributed by atoms with Gasteiger partial charge in [0.1, 0.15) is 11.6 Å². The molecule has 0 radical (unpaired) electrons. The summed E-state index contributed by atoms with van der Waals surface area (Å²) in [5.41, 5.74) is 10.7. The van der Waals surface area contributed by atoms with Crippen molar-refractivity contribution in [2.45, 2.75) is 97.2 Å². The first-order valence-electron chi connectivity index (χ1n) is 27.3. The minimum absolute atomic E-state index is 0.0438. The van der Waals surface area contributed by atoms with Crippen LogP contribution in [0.1, 0.15) is 76.3 Å². The molecule has 21 nitrogen and oxygen atoms in total. The summed E-state index contributed by atoms with van der Waals surface area (Å²) >= 11 is 12.3. The smallest absolute Gasteiger partial charge is 0.408 e. The number of benzene rings is 2. The number of hydrogen-bond donors (Lipinski definition) is 9. The summed E-state index contributed by atoms with van der Waals surface area (Å²) in [6.45, 7) is 12.0. The summed E-state index contributed by atoms with van der Waals surface area (Å²) in [4.78, 5) is 90.2. The molecular formula is C55H75BCl2N14O7. The van der Waals surface area contributed by atoms with Gasteiger partial charge in [0.25, 0.3) is 0 Å². The largest absolute Gasteiger partial charge is 0.433 e. The number of nitrogens with zero attached hydrogens (tertiary/aromatic N) is 6. The SMILES string of the molecule is CB(O)Nc1cc(CN2CCC(C(=O)N3CCC(Nc4ccc(Cl)cc4NC(=O)CNC(C)=O)CC3)CC2)ccn1.CC(=O)NCC(=O)Nc1cc(Cl)ccc1NC1CCN(C(=O)C2CCN(Cc3ccnc(N)c3)CC2)CC1. The highest BCUT2D eigenvalue weighted by Crippen LogP contribution is 2.32. The van der Waals surface area contributed by atoms with Gasteiger partial charge >= 0.3 is 7.05 Å². The Labute approximate surface area is 473 Å². The lowest BCUT2D eigenvalue weighted by atomic mass is 9.89. The fraction of sp³-hybridized carbons (Fsp3) is 0.491. The number of anilines is 6. The van der Waals surface area contributed by atoms with Crippen molar-refractivity contribution >= 4 is 100 Å². The molecule has 4 fully saturated rings. The molecule has 424 valence electrons. The van der Waals surface area contributed by atoms with E-state index in [1.807, 2.05) is 46.2 Å². The molecule has 6 amide bonds. The third kappa shape index (κ3) is 19.3. The number of pyridine rings is 2. The Balaban J connectivity index is 0.000000229. The van der Waals surface area contributed by atoms with Gasteiger partial charge in [-0.1, -0.05) is 23.2 Å². The van der Waals surface area contributed by atoms with Crippen molar-refractivity contribution in [1.82, 2.24) is 40.2 Å². The number of nitrogens with two attached hydrogens (primary N) is 1. The fourth-order valence-corrected chi connectivity index (χ4v) is 10.7. The van der Waals surface area contributed by atoms with Crippen LogP contribution in [0.3, 0.4) is 0 Å². The zero-order chi connectivity index (χ0) is 56.4. The first kappa shape index (κ1) is 59.9. The second kappa shape index (κ2) is 29.5. The lowest BCUT2D eigenvalue weighted by Gasteiger charge is -2.37. The molecule has 79 heavy (non-hydrogen) atoms. The molecule has 4 aliphatic heterocycles. The Hall–Kier alpha value is -6.72. The number of piperidine rings is 4. The Morgan fingerprint density at radius 2 is 1.00 bits per heavy atom. The van der Waals surface area contributed by atoms with Gasteiger partial charge in [0, 0.05) is 99.5 Å². The first-order chi connectivity index (χ1) is 37.9. The Morgan fingerprint density at radius 3 is 1.41 bits per heavy atom. The molecule has 24 heteroatoms. The minimum Gasteiger partial charge on any atom is -0.433 e. The van der Waals surface area contributed by atoms with E-state index in [0.29, 0.717) is 59.2 Å². The lowest BCUT2D eigenvalue weighted by molar-refractivity contribution is -0.138. The van der Waals surface area contributed by atoms with Crippen LogP contribution < -0.4 is 42.9 Å². The van der Waals surface area contributed by atoms with Gasteiger partial charge in [-0.15, -0.1) is 0 Å². The van der Waals surface area contributed by atoms with Crippen LogP contribution >= 0.6 is 23.2 Å². The number of carbonyl (C=O) groups excluding carboxylic acids is 6. The van der Waals surface area contributed by atoms with E-state index in [4.69, 9.17) is 28.9 Å². The van der Waals surface area contributed by atoms with Crippen LogP contribution in [0.15, 0.2) is 73.1 Å². The number of nitrogens with one attached hydrogen (secondary N) is 7. The van der Waals surface area contributed by atoms with Crippen molar-refractivity contribution < 1.29 is 33.8 Å². The molecule has 8 rings (SSSR count). The normalized spacial score (nSPS) is 16.9. The van der Waals surface area contributed by atoms with Crippen LogP contribution in [0.2, 0.25) is 16.9 Å². The Bertz CT molecular complexity index is 2730. The topological polar surface area (TPSA) is 272 Å². The molecule has 2 aromatic heterocycles. The number of halogens is 2. The van der Waals surface area contributed by atoms with Crippen LogP contribution in [-0.4, -0.2) is 155 Å². The minimum atomic E-state index is -0.662. The van der Waals surface area contributed by atoms with Crippen LogP contribution in [0.5, 0.6) is 0 Å². The summed E-state index contributed by atoms with van der Waals surface area (Å²) in [6, 6.07) is 18.7. The second-order valence-electron chi connectivity index (χ2n) is 20.8. The van der Waals surface area contributed by atoms with Gasteiger partial charge in [0.2, 0.25) is 35.4 Å². The second-order valence-corrected chi connectivity index (χ2v) is 21.7. The number of hydrogen-bond acceptors (Lipinski definition) is 15. The van der Waals surface area contributed by atoms with Crippen molar-refractivity contribution in [3.63, 3.8) is 0 Å². The predicted octanol–water partition coefficient (Wildman–Crippen LogP) is 5.35. The van der Waals surface area contributed by atoms with Gasteiger partial charge in [-0.3, -0.25) is 38.6 Å². The molecule has 0 saturated carbocycles. The van der Waals surface area contributed by atoms with Crippen molar-refractivity contribution in [1.29, 1.82) is 0 Å². The molecule has 0 atom stereocenters. The van der Waals surface area contributed by atoms with Crippen LogP contribution in [0.4, 0.5) is 34.4 Å². The number of rotatable bonds is 18. The third-order valence-corrected chi connectivity index (χ3v) is 15.0. The summed E-state index contributed by atoms with van der Waals surface area (Å²) in [6.07, 6.45) is 10.1.